The summed E-state index contributed by atoms with van der Waals surface area (Å²) >= 11 is 0. The first kappa shape index (κ1) is 20.8. The fraction of sp³-hybridized carbons (Fsp3) is 0.364. The summed E-state index contributed by atoms with van der Waals surface area (Å²) in [7, 11) is 2.84. The largest absolute Gasteiger partial charge is 0.521 e. The lowest BCUT2D eigenvalue weighted by Gasteiger charge is -2.35. The van der Waals surface area contributed by atoms with E-state index in [1.54, 1.807) is 24.3 Å². The summed E-state index contributed by atoms with van der Waals surface area (Å²) in [6, 6.07) is 16.1. The summed E-state index contributed by atoms with van der Waals surface area (Å²) < 4.78 is 21.8. The summed E-state index contributed by atoms with van der Waals surface area (Å²) in [6.07, 6.45) is 0.546. The highest BCUT2D eigenvalue weighted by Crippen LogP contribution is 2.29. The average molecular weight is 400 g/mol. The second-order valence-electron chi connectivity index (χ2n) is 6.91. The highest BCUT2D eigenvalue weighted by Gasteiger charge is 2.51. The maximum Gasteiger partial charge on any atom is 0.521 e. The number of carbonyl (C=O) groups is 2. The quantitative estimate of drug-likeness (QED) is 0.401. The van der Waals surface area contributed by atoms with Crippen LogP contribution in [0, 0.1) is 0 Å². The molecule has 1 heterocycles. The minimum absolute atomic E-state index is 0.0535. The van der Waals surface area contributed by atoms with Gasteiger partial charge in [-0.15, -0.1) is 0 Å². The van der Waals surface area contributed by atoms with E-state index in [2.05, 4.69) is 0 Å². The standard InChI is InChI=1S/C22H26NO6/c1-26-20(24)18-10-12-19(13-11-18)29-22(27-2)23(14-6-7-15-23)21(25)28-16-17-8-4-3-5-9-17/h3-5,8-13,22H,6-7,14-16H2,1-2H3/q+1. The molecule has 3 rings (SSSR count). The van der Waals surface area contributed by atoms with Crippen molar-refractivity contribution in [1.82, 2.24) is 0 Å². The molecule has 1 unspecified atom stereocenters. The van der Waals surface area contributed by atoms with Gasteiger partial charge in [0.25, 0.3) is 0 Å². The van der Waals surface area contributed by atoms with Crippen LogP contribution in [-0.4, -0.2) is 50.3 Å². The minimum atomic E-state index is -0.843. The van der Waals surface area contributed by atoms with E-state index in [0.29, 0.717) is 24.4 Å². The molecule has 2 aromatic rings. The fourth-order valence-corrected chi connectivity index (χ4v) is 3.48. The molecule has 0 spiro atoms. The lowest BCUT2D eigenvalue weighted by atomic mass is 10.2. The Morgan fingerprint density at radius 2 is 1.62 bits per heavy atom. The number of amides is 1. The molecule has 1 atom stereocenters. The molecule has 1 aliphatic heterocycles. The summed E-state index contributed by atoms with van der Waals surface area (Å²) in [6.45, 7) is 1.35. The van der Waals surface area contributed by atoms with Gasteiger partial charge in [-0.2, -0.15) is 9.28 Å². The van der Waals surface area contributed by atoms with E-state index < -0.39 is 12.4 Å². The number of benzene rings is 2. The predicted molar refractivity (Wildman–Crippen MR) is 105 cm³/mol. The lowest BCUT2D eigenvalue weighted by Crippen LogP contribution is -2.60. The van der Waals surface area contributed by atoms with Crippen molar-refractivity contribution in [3.8, 4) is 5.75 Å². The molecule has 2 aromatic carbocycles. The van der Waals surface area contributed by atoms with Crippen molar-refractivity contribution < 1.29 is 33.0 Å². The first-order valence-electron chi connectivity index (χ1n) is 9.55. The first-order chi connectivity index (χ1) is 14.1. The van der Waals surface area contributed by atoms with Crippen molar-refractivity contribution in [2.75, 3.05) is 27.3 Å². The molecule has 7 nitrogen and oxygen atoms in total. The second-order valence-corrected chi connectivity index (χ2v) is 6.91. The van der Waals surface area contributed by atoms with Crippen LogP contribution in [0.4, 0.5) is 4.79 Å². The molecule has 0 radical (unpaired) electrons. The number of hydrogen-bond acceptors (Lipinski definition) is 6. The van der Waals surface area contributed by atoms with Crippen LogP contribution in [0.3, 0.4) is 0 Å². The van der Waals surface area contributed by atoms with Crippen LogP contribution in [0.2, 0.25) is 0 Å². The third-order valence-corrected chi connectivity index (χ3v) is 5.05. The molecule has 1 aliphatic rings. The van der Waals surface area contributed by atoms with Crippen LogP contribution in [-0.2, 0) is 20.8 Å². The molecule has 1 fully saturated rings. The third kappa shape index (κ3) is 4.75. The van der Waals surface area contributed by atoms with Gasteiger partial charge in [-0.3, -0.25) is 4.74 Å². The maximum atomic E-state index is 13.0. The maximum absolute atomic E-state index is 13.0. The van der Waals surface area contributed by atoms with Crippen molar-refractivity contribution in [1.29, 1.82) is 0 Å². The Hall–Kier alpha value is -2.90. The molecule has 0 aromatic heterocycles. The molecule has 154 valence electrons. The number of hydrogen-bond donors (Lipinski definition) is 0. The number of nitrogens with zero attached hydrogens (tertiary/aromatic N) is 1. The van der Waals surface area contributed by atoms with E-state index in [1.807, 2.05) is 30.3 Å². The summed E-state index contributed by atoms with van der Waals surface area (Å²) in [5.41, 5.74) is 1.34. The van der Waals surface area contributed by atoms with E-state index >= 15 is 0 Å². The smallest absolute Gasteiger partial charge is 0.465 e. The van der Waals surface area contributed by atoms with E-state index in [9.17, 15) is 9.59 Å². The number of ether oxygens (including phenoxy) is 4. The van der Waals surface area contributed by atoms with Crippen LogP contribution >= 0.6 is 0 Å². The van der Waals surface area contributed by atoms with Gasteiger partial charge in [0.05, 0.1) is 25.8 Å². The van der Waals surface area contributed by atoms with Crippen LogP contribution in [0.5, 0.6) is 5.75 Å². The van der Waals surface area contributed by atoms with Crippen LogP contribution < -0.4 is 4.74 Å². The number of esters is 1. The van der Waals surface area contributed by atoms with Crippen molar-refractivity contribution in [3.63, 3.8) is 0 Å². The fourth-order valence-electron chi connectivity index (χ4n) is 3.48. The molecule has 1 saturated heterocycles. The summed E-state index contributed by atoms with van der Waals surface area (Å²) in [5, 5.41) is 0. The average Bonchev–Trinajstić information content (AvgIpc) is 3.27. The zero-order valence-electron chi connectivity index (χ0n) is 16.7. The molecular formula is C22H26NO6+. The normalized spacial score (nSPS) is 16.1. The van der Waals surface area contributed by atoms with Crippen LogP contribution in [0.25, 0.3) is 0 Å². The topological polar surface area (TPSA) is 71.1 Å². The number of methoxy groups -OCH3 is 2. The Kier molecular flexibility index (Phi) is 6.85. The molecule has 0 bridgehead atoms. The zero-order chi connectivity index (χ0) is 20.7. The van der Waals surface area contributed by atoms with E-state index in [0.717, 1.165) is 18.4 Å². The van der Waals surface area contributed by atoms with Crippen molar-refractivity contribution in [3.05, 3.63) is 65.7 Å². The van der Waals surface area contributed by atoms with Gasteiger partial charge >= 0.3 is 18.5 Å². The van der Waals surface area contributed by atoms with Gasteiger partial charge in [0.1, 0.15) is 12.4 Å². The number of carbonyl (C=O) groups excluding carboxylic acids is 2. The SMILES string of the molecule is COC(=O)c1ccc(OC(OC)[N+]2(C(=O)OCc3ccccc3)CCCC2)cc1. The van der Waals surface area contributed by atoms with Gasteiger partial charge in [0, 0.05) is 20.0 Å². The highest BCUT2D eigenvalue weighted by atomic mass is 16.7. The Labute approximate surface area is 170 Å². The van der Waals surface area contributed by atoms with Gasteiger partial charge < -0.3 is 14.2 Å². The molecule has 0 aliphatic carbocycles. The van der Waals surface area contributed by atoms with Crippen LogP contribution in [0.15, 0.2) is 54.6 Å². The predicted octanol–water partition coefficient (Wildman–Crippen LogP) is 3.73. The Morgan fingerprint density at radius 1 is 0.966 bits per heavy atom. The van der Waals surface area contributed by atoms with Crippen molar-refractivity contribution in [2.45, 2.75) is 25.9 Å². The van der Waals surface area contributed by atoms with Crippen molar-refractivity contribution >= 4 is 12.1 Å². The molecule has 29 heavy (non-hydrogen) atoms. The van der Waals surface area contributed by atoms with Gasteiger partial charge in [-0.1, -0.05) is 30.3 Å². The number of likely N-dealkylation sites (tertiary alicyclic amines) is 1. The Balaban J connectivity index is 1.73. The molecule has 0 saturated carbocycles. The number of rotatable bonds is 7. The molecule has 1 amide bonds. The Morgan fingerprint density at radius 3 is 2.21 bits per heavy atom. The number of quaternary nitrogens is 1. The van der Waals surface area contributed by atoms with Gasteiger partial charge in [-0.25, -0.2) is 4.79 Å². The summed E-state index contributed by atoms with van der Waals surface area (Å²) in [4.78, 5) is 24.6. The molecular weight excluding hydrogens is 374 g/mol. The monoisotopic (exact) mass is 400 g/mol. The molecule has 7 heteroatoms. The van der Waals surface area contributed by atoms with Gasteiger partial charge in [-0.05, 0) is 29.8 Å². The van der Waals surface area contributed by atoms with Crippen molar-refractivity contribution in [2.24, 2.45) is 0 Å². The minimum Gasteiger partial charge on any atom is -0.465 e. The zero-order valence-corrected chi connectivity index (χ0v) is 16.7. The van der Waals surface area contributed by atoms with Gasteiger partial charge in [0.2, 0.25) is 0 Å². The lowest BCUT2D eigenvalue weighted by molar-refractivity contribution is -0.916. The van der Waals surface area contributed by atoms with E-state index in [1.165, 1.54) is 14.2 Å². The summed E-state index contributed by atoms with van der Waals surface area (Å²) in [5.74, 6) is 0.0668. The highest BCUT2D eigenvalue weighted by molar-refractivity contribution is 5.89. The second kappa shape index (κ2) is 9.54. The Bertz CT molecular complexity index is 815. The van der Waals surface area contributed by atoms with E-state index in [4.69, 9.17) is 18.9 Å². The first-order valence-corrected chi connectivity index (χ1v) is 9.55. The van der Waals surface area contributed by atoms with Gasteiger partial charge in [0.15, 0.2) is 0 Å². The third-order valence-electron chi connectivity index (χ3n) is 5.05. The van der Waals surface area contributed by atoms with E-state index in [-0.39, 0.29) is 17.2 Å². The molecule has 0 N–H and O–H groups in total. The van der Waals surface area contributed by atoms with Crippen LogP contribution in [0.1, 0.15) is 28.8 Å².